The molecule has 0 unspecified atom stereocenters. The van der Waals surface area contributed by atoms with Gasteiger partial charge in [-0.25, -0.2) is 0 Å². The van der Waals surface area contributed by atoms with E-state index in [2.05, 4.69) is 0 Å². The van der Waals surface area contributed by atoms with Crippen LogP contribution >= 0.6 is 0 Å². The van der Waals surface area contributed by atoms with Crippen LogP contribution in [0.15, 0.2) is 60.7 Å². The fourth-order valence-electron chi connectivity index (χ4n) is 2.62. The van der Waals surface area contributed by atoms with Gasteiger partial charge in [0.2, 0.25) is 0 Å². The van der Waals surface area contributed by atoms with Crippen molar-refractivity contribution in [3.8, 4) is 0 Å². The first kappa shape index (κ1) is 18.8. The van der Waals surface area contributed by atoms with Crippen LogP contribution in [-0.2, 0) is 32.6 Å². The fraction of sp³-hybridized carbons (Fsp3) is 0.400. The van der Waals surface area contributed by atoms with Crippen molar-refractivity contribution in [1.82, 2.24) is 0 Å². The van der Waals surface area contributed by atoms with Crippen LogP contribution in [0.3, 0.4) is 0 Å². The molecule has 2 rings (SSSR count). The SMILES string of the molecule is CC(C)(Cc1ccccc1)OS(=O)OC(C)(C)Cc1ccccc1. The predicted molar refractivity (Wildman–Crippen MR) is 98.8 cm³/mol. The maximum absolute atomic E-state index is 12.3. The van der Waals surface area contributed by atoms with E-state index in [-0.39, 0.29) is 0 Å². The van der Waals surface area contributed by atoms with Gasteiger partial charge in [0.1, 0.15) is 0 Å². The summed E-state index contributed by atoms with van der Waals surface area (Å²) < 4.78 is 23.7. The van der Waals surface area contributed by atoms with Gasteiger partial charge < -0.3 is 0 Å². The second-order valence-corrected chi connectivity index (χ2v) is 7.96. The van der Waals surface area contributed by atoms with Crippen molar-refractivity contribution in [3.05, 3.63) is 71.8 Å². The zero-order valence-corrected chi connectivity index (χ0v) is 15.6. The van der Waals surface area contributed by atoms with Crippen molar-refractivity contribution in [2.24, 2.45) is 0 Å². The van der Waals surface area contributed by atoms with Crippen LogP contribution in [0.2, 0.25) is 0 Å². The van der Waals surface area contributed by atoms with Crippen LogP contribution in [0.1, 0.15) is 38.8 Å². The van der Waals surface area contributed by atoms with Gasteiger partial charge in [0.05, 0.1) is 11.2 Å². The van der Waals surface area contributed by atoms with E-state index < -0.39 is 22.6 Å². The van der Waals surface area contributed by atoms with E-state index in [1.54, 1.807) is 0 Å². The van der Waals surface area contributed by atoms with Crippen LogP contribution in [0, 0.1) is 0 Å². The third-order valence-electron chi connectivity index (χ3n) is 3.53. The van der Waals surface area contributed by atoms with Gasteiger partial charge in [-0.05, 0) is 38.8 Å². The summed E-state index contributed by atoms with van der Waals surface area (Å²) in [4.78, 5) is 0. The quantitative estimate of drug-likeness (QED) is 0.698. The van der Waals surface area contributed by atoms with E-state index >= 15 is 0 Å². The van der Waals surface area contributed by atoms with E-state index in [1.165, 1.54) is 0 Å². The molecule has 0 aliphatic heterocycles. The molecule has 0 saturated carbocycles. The molecule has 3 nitrogen and oxygen atoms in total. The van der Waals surface area contributed by atoms with Crippen LogP contribution in [0.5, 0.6) is 0 Å². The Morgan fingerprint density at radius 2 is 1.04 bits per heavy atom. The third-order valence-corrected chi connectivity index (χ3v) is 4.71. The normalized spacial score (nSPS) is 12.5. The Morgan fingerprint density at radius 3 is 1.38 bits per heavy atom. The summed E-state index contributed by atoms with van der Waals surface area (Å²) in [5.41, 5.74) is 1.13. The van der Waals surface area contributed by atoms with Gasteiger partial charge in [0.15, 0.2) is 0 Å². The highest BCUT2D eigenvalue weighted by Gasteiger charge is 2.28. The van der Waals surface area contributed by atoms with Crippen molar-refractivity contribution in [2.75, 3.05) is 0 Å². The molecule has 130 valence electrons. The summed E-state index contributed by atoms with van der Waals surface area (Å²) in [7, 11) is 0. The average molecular weight is 346 g/mol. The first-order valence-corrected chi connectivity index (χ1v) is 9.14. The molecule has 2 aromatic rings. The zero-order chi connectivity index (χ0) is 17.6. The van der Waals surface area contributed by atoms with Crippen LogP contribution in [0.25, 0.3) is 0 Å². The summed E-state index contributed by atoms with van der Waals surface area (Å²) >= 11 is -1.81. The molecule has 0 bridgehead atoms. The summed E-state index contributed by atoms with van der Waals surface area (Å²) in [5, 5.41) is 0. The maximum Gasteiger partial charge on any atom is 0.305 e. The Balaban J connectivity index is 1.91. The molecule has 2 aromatic carbocycles. The summed E-state index contributed by atoms with van der Waals surface area (Å²) in [6.45, 7) is 7.69. The smallest absolute Gasteiger partial charge is 0.262 e. The zero-order valence-electron chi connectivity index (χ0n) is 14.8. The van der Waals surface area contributed by atoms with Gasteiger partial charge >= 0.3 is 11.4 Å². The van der Waals surface area contributed by atoms with E-state index in [0.29, 0.717) is 12.8 Å². The maximum atomic E-state index is 12.3. The van der Waals surface area contributed by atoms with Gasteiger partial charge in [-0.2, -0.15) is 4.21 Å². The lowest BCUT2D eigenvalue weighted by Gasteiger charge is -2.28. The molecule has 0 radical (unpaired) electrons. The summed E-state index contributed by atoms with van der Waals surface area (Å²) in [6.07, 6.45) is 1.34. The van der Waals surface area contributed by atoms with Gasteiger partial charge in [-0.15, -0.1) is 0 Å². The van der Waals surface area contributed by atoms with E-state index in [1.807, 2.05) is 88.4 Å². The van der Waals surface area contributed by atoms with Gasteiger partial charge in [0, 0.05) is 12.8 Å². The van der Waals surface area contributed by atoms with Crippen molar-refractivity contribution < 1.29 is 12.6 Å². The topological polar surface area (TPSA) is 35.5 Å². The van der Waals surface area contributed by atoms with E-state index in [4.69, 9.17) is 8.37 Å². The van der Waals surface area contributed by atoms with Gasteiger partial charge in [-0.3, -0.25) is 8.37 Å². The highest BCUT2D eigenvalue weighted by molar-refractivity contribution is 7.75. The second kappa shape index (κ2) is 8.06. The van der Waals surface area contributed by atoms with Crippen molar-refractivity contribution >= 4 is 11.4 Å². The minimum Gasteiger partial charge on any atom is -0.262 e. The molecule has 0 saturated heterocycles. The molecular weight excluding hydrogens is 320 g/mol. The molecule has 0 aliphatic rings. The number of benzene rings is 2. The Kier molecular flexibility index (Phi) is 6.33. The van der Waals surface area contributed by atoms with Crippen LogP contribution in [-0.4, -0.2) is 15.4 Å². The molecule has 0 heterocycles. The van der Waals surface area contributed by atoms with E-state index in [9.17, 15) is 4.21 Å². The summed E-state index contributed by atoms with van der Waals surface area (Å²) in [6, 6.07) is 20.0. The minimum absolute atomic E-state index is 0.574. The highest BCUT2D eigenvalue weighted by Crippen LogP contribution is 2.23. The molecule has 0 aliphatic carbocycles. The van der Waals surface area contributed by atoms with Crippen LogP contribution in [0.4, 0.5) is 0 Å². The molecule has 0 spiro atoms. The van der Waals surface area contributed by atoms with E-state index in [0.717, 1.165) is 11.1 Å². The molecule has 0 N–H and O–H groups in total. The molecule has 24 heavy (non-hydrogen) atoms. The molecule has 4 heteroatoms. The van der Waals surface area contributed by atoms with Gasteiger partial charge in [-0.1, -0.05) is 60.7 Å². The molecular formula is C20H26O3S. The number of rotatable bonds is 8. The second-order valence-electron chi connectivity index (χ2n) is 7.21. The molecule has 0 fully saturated rings. The number of hydrogen-bond donors (Lipinski definition) is 0. The molecule has 0 aromatic heterocycles. The Hall–Kier alpha value is -1.49. The Bertz CT molecular complexity index is 594. The van der Waals surface area contributed by atoms with Crippen molar-refractivity contribution in [3.63, 3.8) is 0 Å². The predicted octanol–water partition coefficient (Wildman–Crippen LogP) is 4.64. The third kappa shape index (κ3) is 6.56. The Labute approximate surface area is 147 Å². The largest absolute Gasteiger partial charge is 0.305 e. The van der Waals surface area contributed by atoms with Crippen LogP contribution < -0.4 is 0 Å². The summed E-state index contributed by atoms with van der Waals surface area (Å²) in [5.74, 6) is 0. The van der Waals surface area contributed by atoms with Crippen molar-refractivity contribution in [1.29, 1.82) is 0 Å². The highest BCUT2D eigenvalue weighted by atomic mass is 32.2. The lowest BCUT2D eigenvalue weighted by molar-refractivity contribution is 0.0597. The fourth-order valence-corrected chi connectivity index (χ4v) is 3.51. The Morgan fingerprint density at radius 1 is 0.708 bits per heavy atom. The first-order chi connectivity index (χ1) is 11.3. The van der Waals surface area contributed by atoms with Gasteiger partial charge in [0.25, 0.3) is 0 Å². The monoisotopic (exact) mass is 346 g/mol. The lowest BCUT2D eigenvalue weighted by Crippen LogP contribution is -2.34. The number of hydrogen-bond acceptors (Lipinski definition) is 3. The minimum atomic E-state index is -1.81. The first-order valence-electron chi connectivity index (χ1n) is 8.14. The molecule has 0 amide bonds. The molecule has 0 atom stereocenters. The standard InChI is InChI=1S/C20H26O3S/c1-19(2,15-17-11-7-5-8-12-17)22-24(21)23-20(3,4)16-18-13-9-6-10-14-18/h5-14H,15-16H2,1-4H3. The lowest BCUT2D eigenvalue weighted by atomic mass is 9.99. The average Bonchev–Trinajstić information content (AvgIpc) is 2.46. The van der Waals surface area contributed by atoms with Crippen molar-refractivity contribution in [2.45, 2.75) is 51.7 Å².